The van der Waals surface area contributed by atoms with Crippen LogP contribution < -0.4 is 20.4 Å². The first-order chi connectivity index (χ1) is 11.1. The van der Waals surface area contributed by atoms with Crippen molar-refractivity contribution in [3.05, 3.63) is 35.9 Å². The largest absolute Gasteiger partial charge is 0.363 e. The summed E-state index contributed by atoms with van der Waals surface area (Å²) >= 11 is 0. The molecule has 1 aromatic heterocycles. The fourth-order valence-electron chi connectivity index (χ4n) is 2.51. The molecular weight excluding hydrogens is 288 g/mol. The molecule has 0 unspecified atom stereocenters. The number of aryl methyl sites for hydroxylation is 1. The molecule has 0 aliphatic carbocycles. The maximum absolute atomic E-state index is 4.71. The van der Waals surface area contributed by atoms with E-state index in [2.05, 4.69) is 51.7 Å². The zero-order valence-corrected chi connectivity index (χ0v) is 14.0. The first kappa shape index (κ1) is 15.6. The average Bonchev–Trinajstić information content (AvgIpc) is 2.57. The zero-order chi connectivity index (χ0) is 16.2. The van der Waals surface area contributed by atoms with Crippen LogP contribution in [-0.2, 0) is 0 Å². The average molecular weight is 312 g/mol. The second-order valence-electron chi connectivity index (χ2n) is 6.03. The van der Waals surface area contributed by atoms with Crippen LogP contribution in [0.25, 0.3) is 0 Å². The number of hydrogen-bond donors (Lipinski definition) is 2. The maximum atomic E-state index is 4.71. The van der Waals surface area contributed by atoms with Crippen LogP contribution in [0.4, 0.5) is 23.3 Å². The molecule has 0 amide bonds. The first-order valence-electron chi connectivity index (χ1n) is 7.97. The molecule has 1 aliphatic heterocycles. The van der Waals surface area contributed by atoms with E-state index in [1.54, 1.807) is 0 Å². The number of benzene rings is 1. The van der Waals surface area contributed by atoms with Crippen LogP contribution in [0.3, 0.4) is 0 Å². The predicted octanol–water partition coefficient (Wildman–Crippen LogP) is 2.00. The molecular formula is C17H24N6. The van der Waals surface area contributed by atoms with Gasteiger partial charge in [-0.3, -0.25) is 0 Å². The van der Waals surface area contributed by atoms with E-state index in [9.17, 15) is 0 Å². The van der Waals surface area contributed by atoms with Gasteiger partial charge in [0, 0.05) is 52.0 Å². The molecule has 0 bridgehead atoms. The molecule has 2 heterocycles. The maximum Gasteiger partial charge on any atom is 0.229 e. The van der Waals surface area contributed by atoms with Crippen LogP contribution in [0, 0.1) is 6.92 Å². The van der Waals surface area contributed by atoms with Gasteiger partial charge in [-0.25, -0.2) is 0 Å². The van der Waals surface area contributed by atoms with Gasteiger partial charge in [0.25, 0.3) is 0 Å². The topological polar surface area (TPSA) is 56.3 Å². The highest BCUT2D eigenvalue weighted by molar-refractivity contribution is 5.62. The van der Waals surface area contributed by atoms with Gasteiger partial charge in [0.15, 0.2) is 0 Å². The second-order valence-corrected chi connectivity index (χ2v) is 6.03. The molecule has 1 aromatic carbocycles. The number of nitrogens with one attached hydrogen (secondary N) is 2. The van der Waals surface area contributed by atoms with Crippen molar-refractivity contribution in [1.82, 2.24) is 15.3 Å². The number of rotatable bonds is 4. The van der Waals surface area contributed by atoms with Gasteiger partial charge in [0.2, 0.25) is 5.95 Å². The van der Waals surface area contributed by atoms with Crippen LogP contribution in [0.1, 0.15) is 5.56 Å². The summed E-state index contributed by atoms with van der Waals surface area (Å²) in [5, 5.41) is 6.74. The Morgan fingerprint density at radius 2 is 1.78 bits per heavy atom. The molecule has 3 rings (SSSR count). The molecule has 0 atom stereocenters. The van der Waals surface area contributed by atoms with Crippen molar-refractivity contribution >= 4 is 23.3 Å². The molecule has 2 N–H and O–H groups in total. The molecule has 0 radical (unpaired) electrons. The fourth-order valence-corrected chi connectivity index (χ4v) is 2.51. The summed E-state index contributed by atoms with van der Waals surface area (Å²) < 4.78 is 0. The highest BCUT2D eigenvalue weighted by Crippen LogP contribution is 2.22. The predicted molar refractivity (Wildman–Crippen MR) is 95.9 cm³/mol. The molecule has 6 nitrogen and oxygen atoms in total. The van der Waals surface area contributed by atoms with Crippen LogP contribution >= 0.6 is 0 Å². The van der Waals surface area contributed by atoms with Crippen LogP contribution in [0.5, 0.6) is 0 Å². The minimum absolute atomic E-state index is 0.785. The van der Waals surface area contributed by atoms with Gasteiger partial charge in [-0.2, -0.15) is 9.97 Å². The third-order valence-corrected chi connectivity index (χ3v) is 3.88. The summed E-state index contributed by atoms with van der Waals surface area (Å²) in [6, 6.07) is 10.3. The van der Waals surface area contributed by atoms with Gasteiger partial charge in [-0.1, -0.05) is 17.7 Å². The Morgan fingerprint density at radius 3 is 2.43 bits per heavy atom. The zero-order valence-electron chi connectivity index (χ0n) is 14.0. The Bertz CT molecular complexity index is 647. The Hall–Kier alpha value is -2.34. The van der Waals surface area contributed by atoms with E-state index in [-0.39, 0.29) is 0 Å². The van der Waals surface area contributed by atoms with Crippen molar-refractivity contribution < 1.29 is 0 Å². The van der Waals surface area contributed by atoms with Crippen molar-refractivity contribution in [2.24, 2.45) is 0 Å². The standard InChI is InChI=1S/C17H24N6/c1-13-4-6-14(7-5-13)19-15-12-16(22(2)3)21-17(20-15)23-10-8-18-9-11-23/h4-7,12,18H,8-11H2,1-3H3,(H,19,20,21). The second kappa shape index (κ2) is 6.83. The summed E-state index contributed by atoms with van der Waals surface area (Å²) in [5.41, 5.74) is 2.28. The summed E-state index contributed by atoms with van der Waals surface area (Å²) in [5.74, 6) is 2.51. The van der Waals surface area contributed by atoms with Gasteiger partial charge in [0.05, 0.1) is 0 Å². The highest BCUT2D eigenvalue weighted by Gasteiger charge is 2.15. The van der Waals surface area contributed by atoms with Gasteiger partial charge in [-0.05, 0) is 19.1 Å². The number of aromatic nitrogens is 2. The smallest absolute Gasteiger partial charge is 0.229 e. The number of anilines is 4. The lowest BCUT2D eigenvalue weighted by Crippen LogP contribution is -2.44. The number of piperazine rings is 1. The van der Waals surface area contributed by atoms with Gasteiger partial charge in [0.1, 0.15) is 11.6 Å². The molecule has 2 aromatic rings. The van der Waals surface area contributed by atoms with E-state index in [1.807, 2.05) is 25.1 Å². The van der Waals surface area contributed by atoms with E-state index in [1.165, 1.54) is 5.56 Å². The summed E-state index contributed by atoms with van der Waals surface area (Å²) in [6.07, 6.45) is 0. The highest BCUT2D eigenvalue weighted by atomic mass is 15.3. The summed E-state index contributed by atoms with van der Waals surface area (Å²) in [4.78, 5) is 13.6. The monoisotopic (exact) mass is 312 g/mol. The van der Waals surface area contributed by atoms with E-state index in [0.717, 1.165) is 49.5 Å². The van der Waals surface area contributed by atoms with E-state index in [4.69, 9.17) is 4.98 Å². The van der Waals surface area contributed by atoms with E-state index < -0.39 is 0 Å². The molecule has 23 heavy (non-hydrogen) atoms. The van der Waals surface area contributed by atoms with Crippen molar-refractivity contribution in [2.75, 3.05) is 55.4 Å². The number of nitrogens with zero attached hydrogens (tertiary/aromatic N) is 4. The Kier molecular flexibility index (Phi) is 4.62. The fraction of sp³-hybridized carbons (Fsp3) is 0.412. The Balaban J connectivity index is 1.88. The molecule has 0 saturated carbocycles. The van der Waals surface area contributed by atoms with Crippen molar-refractivity contribution in [3.63, 3.8) is 0 Å². The molecule has 1 fully saturated rings. The van der Waals surface area contributed by atoms with Crippen molar-refractivity contribution in [2.45, 2.75) is 6.92 Å². The molecule has 1 saturated heterocycles. The lowest BCUT2D eigenvalue weighted by molar-refractivity contribution is 0.580. The van der Waals surface area contributed by atoms with Crippen molar-refractivity contribution in [1.29, 1.82) is 0 Å². The lowest BCUT2D eigenvalue weighted by Gasteiger charge is -2.28. The Morgan fingerprint density at radius 1 is 1.09 bits per heavy atom. The molecule has 122 valence electrons. The normalized spacial score (nSPS) is 14.7. The SMILES string of the molecule is Cc1ccc(Nc2cc(N(C)C)nc(N3CCNCC3)n2)cc1. The summed E-state index contributed by atoms with van der Waals surface area (Å²) in [7, 11) is 4.00. The van der Waals surface area contributed by atoms with E-state index >= 15 is 0 Å². The third kappa shape index (κ3) is 3.90. The van der Waals surface area contributed by atoms with Crippen LogP contribution in [0.15, 0.2) is 30.3 Å². The van der Waals surface area contributed by atoms with Gasteiger partial charge in [-0.15, -0.1) is 0 Å². The van der Waals surface area contributed by atoms with E-state index in [0.29, 0.717) is 0 Å². The Labute approximate surface area is 137 Å². The third-order valence-electron chi connectivity index (χ3n) is 3.88. The van der Waals surface area contributed by atoms with Gasteiger partial charge >= 0.3 is 0 Å². The van der Waals surface area contributed by atoms with Crippen LogP contribution in [0.2, 0.25) is 0 Å². The molecule has 1 aliphatic rings. The minimum Gasteiger partial charge on any atom is -0.363 e. The summed E-state index contributed by atoms with van der Waals surface area (Å²) in [6.45, 7) is 5.88. The van der Waals surface area contributed by atoms with Crippen molar-refractivity contribution in [3.8, 4) is 0 Å². The quantitative estimate of drug-likeness (QED) is 0.901. The minimum atomic E-state index is 0.785. The first-order valence-corrected chi connectivity index (χ1v) is 7.97. The molecule has 0 spiro atoms. The molecule has 6 heteroatoms. The number of hydrogen-bond acceptors (Lipinski definition) is 6. The lowest BCUT2D eigenvalue weighted by atomic mass is 10.2. The van der Waals surface area contributed by atoms with Gasteiger partial charge < -0.3 is 20.4 Å². The van der Waals surface area contributed by atoms with Crippen LogP contribution in [-0.4, -0.2) is 50.2 Å².